The molecule has 0 radical (unpaired) electrons. The van der Waals surface area contributed by atoms with Gasteiger partial charge in [-0.25, -0.2) is 9.37 Å². The molecule has 0 aliphatic carbocycles. The van der Waals surface area contributed by atoms with Gasteiger partial charge in [0.2, 0.25) is 0 Å². The van der Waals surface area contributed by atoms with Crippen molar-refractivity contribution in [1.82, 2.24) is 15.2 Å². The van der Waals surface area contributed by atoms with Gasteiger partial charge in [0.25, 0.3) is 11.8 Å². The summed E-state index contributed by atoms with van der Waals surface area (Å²) in [5.41, 5.74) is 1.63. The molecule has 3 aliphatic rings. The Morgan fingerprint density at radius 3 is 2.72 bits per heavy atom. The van der Waals surface area contributed by atoms with E-state index in [2.05, 4.69) is 20.9 Å². The summed E-state index contributed by atoms with van der Waals surface area (Å²) in [6, 6.07) is 15.9. The molecule has 0 saturated carbocycles. The molecule has 2 aromatic heterocycles. The molecule has 4 aromatic rings. The van der Waals surface area contributed by atoms with Crippen LogP contribution in [0.15, 0.2) is 54.6 Å². The number of carbonyl (C=O) groups is 2. The Bertz CT molecular complexity index is 1640. The molecule has 0 bridgehead atoms. The monoisotopic (exact) mass is 549 g/mol. The summed E-state index contributed by atoms with van der Waals surface area (Å²) in [4.78, 5) is 34.1. The van der Waals surface area contributed by atoms with E-state index in [4.69, 9.17) is 14.5 Å². The van der Waals surface area contributed by atoms with E-state index in [1.165, 1.54) is 29.5 Å². The summed E-state index contributed by atoms with van der Waals surface area (Å²) in [6.07, 6.45) is 0. The van der Waals surface area contributed by atoms with E-state index in [0.717, 1.165) is 35.5 Å². The van der Waals surface area contributed by atoms with Gasteiger partial charge in [-0.1, -0.05) is 6.07 Å². The zero-order valence-corrected chi connectivity index (χ0v) is 21.5. The standard InChI is InChI=1S/C28H24FN5O4S.2H2/c29-19-5-4-17(31-26(35)15-2-6-23-24(9-15)38-8-7-37-23)11-20(19)33-27(36)25-10-16-1-3-18(32-28(16)39-25)13-34-14-21-22(34)12-30-21;;/h1-6,9-11,21-22,30H,7-8,12-14H2,(H,31,35)(H,33,36);2*1H/t21-,22?;;/m0../s1. The molecule has 3 N–H and O–H groups in total. The second-order valence-electron chi connectivity index (χ2n) is 9.78. The van der Waals surface area contributed by atoms with E-state index < -0.39 is 17.6 Å². The topological polar surface area (TPSA) is 105 Å². The van der Waals surface area contributed by atoms with Crippen LogP contribution in [-0.2, 0) is 6.54 Å². The quantitative estimate of drug-likeness (QED) is 0.328. The maximum absolute atomic E-state index is 14.6. The molecular weight excluding hydrogens is 521 g/mol. The molecule has 2 aromatic carbocycles. The summed E-state index contributed by atoms with van der Waals surface area (Å²) >= 11 is 1.27. The SMILES string of the molecule is O=C(Nc1ccc(F)c(NC(=O)c2cc3ccc(CN4C[C@@H]5NCC54)nc3s2)c1)c1ccc2c(c1)OCCO2.[HH].[HH]. The number of piperazine rings is 1. The van der Waals surface area contributed by atoms with Crippen LogP contribution in [0, 0.1) is 5.82 Å². The molecule has 2 fully saturated rings. The number of rotatable bonds is 6. The molecule has 11 heteroatoms. The second-order valence-corrected chi connectivity index (χ2v) is 10.8. The van der Waals surface area contributed by atoms with Crippen molar-refractivity contribution in [2.75, 3.05) is 36.9 Å². The highest BCUT2D eigenvalue weighted by atomic mass is 32.1. The zero-order valence-electron chi connectivity index (χ0n) is 20.7. The Balaban J connectivity index is 0.00000169. The third-order valence-electron chi connectivity index (χ3n) is 7.26. The first-order valence-corrected chi connectivity index (χ1v) is 13.5. The van der Waals surface area contributed by atoms with E-state index in [9.17, 15) is 14.0 Å². The molecule has 0 spiro atoms. The Morgan fingerprint density at radius 1 is 1.05 bits per heavy atom. The smallest absolute Gasteiger partial charge is 0.265 e. The fourth-order valence-electron chi connectivity index (χ4n) is 5.03. The van der Waals surface area contributed by atoms with Crippen molar-refractivity contribution in [2.24, 2.45) is 0 Å². The fourth-order valence-corrected chi connectivity index (χ4v) is 5.97. The number of amides is 2. The zero-order chi connectivity index (χ0) is 26.5. The van der Waals surface area contributed by atoms with Crippen LogP contribution in [0.1, 0.15) is 28.6 Å². The Hall–Kier alpha value is -4.06. The number of anilines is 2. The normalized spacial score (nSPS) is 19.5. The van der Waals surface area contributed by atoms with Crippen LogP contribution in [0.3, 0.4) is 0 Å². The summed E-state index contributed by atoms with van der Waals surface area (Å²) in [5.74, 6) is -0.376. The number of hydrogen-bond acceptors (Lipinski definition) is 8. The third-order valence-corrected chi connectivity index (χ3v) is 8.30. The lowest BCUT2D eigenvalue weighted by Gasteiger charge is -2.56. The average Bonchev–Trinajstić information content (AvgIpc) is 3.36. The first-order chi connectivity index (χ1) is 19.0. The Morgan fingerprint density at radius 2 is 1.92 bits per heavy atom. The number of thiophene rings is 1. The highest BCUT2D eigenvalue weighted by molar-refractivity contribution is 7.20. The maximum atomic E-state index is 14.6. The van der Waals surface area contributed by atoms with Gasteiger partial charge in [0.1, 0.15) is 23.9 Å². The number of pyridine rings is 1. The van der Waals surface area contributed by atoms with Crippen molar-refractivity contribution in [3.8, 4) is 11.5 Å². The molecule has 5 heterocycles. The molecule has 39 heavy (non-hydrogen) atoms. The summed E-state index contributed by atoms with van der Waals surface area (Å²) in [7, 11) is 0. The van der Waals surface area contributed by atoms with Gasteiger partial charge in [-0.15, -0.1) is 11.3 Å². The van der Waals surface area contributed by atoms with Crippen LogP contribution in [0.4, 0.5) is 15.8 Å². The molecule has 2 amide bonds. The summed E-state index contributed by atoms with van der Waals surface area (Å²) < 4.78 is 25.6. The van der Waals surface area contributed by atoms with Gasteiger partial charge in [-0.2, -0.15) is 0 Å². The molecule has 2 saturated heterocycles. The van der Waals surface area contributed by atoms with E-state index in [1.54, 1.807) is 24.3 Å². The fraction of sp³-hybridized carbons (Fsp3) is 0.250. The number of nitrogens with zero attached hydrogens (tertiary/aromatic N) is 2. The van der Waals surface area contributed by atoms with E-state index in [-0.39, 0.29) is 8.54 Å². The molecular formula is C28H28FN5O4S. The van der Waals surface area contributed by atoms with Gasteiger partial charge in [0, 0.05) is 51.2 Å². The van der Waals surface area contributed by atoms with Gasteiger partial charge in [0.05, 0.1) is 16.3 Å². The highest BCUT2D eigenvalue weighted by Crippen LogP contribution is 2.32. The number of nitrogens with one attached hydrogen (secondary N) is 3. The Kier molecular flexibility index (Phi) is 5.91. The number of hydrogen-bond donors (Lipinski definition) is 3. The van der Waals surface area contributed by atoms with Crippen molar-refractivity contribution in [1.29, 1.82) is 0 Å². The number of fused-ring (bicyclic) bond motifs is 3. The van der Waals surface area contributed by atoms with Gasteiger partial charge >= 0.3 is 0 Å². The Labute approximate surface area is 229 Å². The molecule has 1 unspecified atom stereocenters. The van der Waals surface area contributed by atoms with Gasteiger partial charge < -0.3 is 25.4 Å². The van der Waals surface area contributed by atoms with Crippen molar-refractivity contribution >= 4 is 44.7 Å². The van der Waals surface area contributed by atoms with Crippen LogP contribution in [0.25, 0.3) is 10.2 Å². The van der Waals surface area contributed by atoms with Crippen LogP contribution >= 0.6 is 11.3 Å². The van der Waals surface area contributed by atoms with E-state index in [0.29, 0.717) is 52.9 Å². The summed E-state index contributed by atoms with van der Waals surface area (Å²) in [6.45, 7) is 3.71. The first kappa shape index (κ1) is 24.0. The number of likely N-dealkylation sites (tertiary alicyclic amines) is 1. The van der Waals surface area contributed by atoms with E-state index in [1.807, 2.05) is 12.1 Å². The largest absolute Gasteiger partial charge is 0.486 e. The molecule has 7 rings (SSSR count). The number of benzene rings is 2. The van der Waals surface area contributed by atoms with Crippen molar-refractivity contribution < 1.29 is 26.3 Å². The van der Waals surface area contributed by atoms with Gasteiger partial charge in [0.15, 0.2) is 11.5 Å². The number of carbonyl (C=O) groups excluding carboxylic acids is 2. The number of ether oxygens (including phenoxy) is 2. The molecule has 3 aliphatic heterocycles. The minimum atomic E-state index is -0.611. The van der Waals surface area contributed by atoms with Crippen LogP contribution in [0.5, 0.6) is 11.5 Å². The second kappa shape index (κ2) is 9.60. The molecule has 2 atom stereocenters. The predicted molar refractivity (Wildman–Crippen MR) is 150 cm³/mol. The lowest BCUT2D eigenvalue weighted by molar-refractivity contribution is -0.0244. The van der Waals surface area contributed by atoms with Crippen molar-refractivity contribution in [3.63, 3.8) is 0 Å². The highest BCUT2D eigenvalue weighted by Gasteiger charge is 2.45. The van der Waals surface area contributed by atoms with Crippen molar-refractivity contribution in [3.05, 3.63) is 76.5 Å². The molecule has 202 valence electrons. The van der Waals surface area contributed by atoms with Crippen LogP contribution in [0.2, 0.25) is 0 Å². The third kappa shape index (κ3) is 4.58. The number of halogens is 1. The lowest BCUT2D eigenvalue weighted by atomic mass is 9.88. The first-order valence-electron chi connectivity index (χ1n) is 12.7. The minimum Gasteiger partial charge on any atom is -0.486 e. The predicted octanol–water partition coefficient (Wildman–Crippen LogP) is 4.36. The number of aromatic nitrogens is 1. The van der Waals surface area contributed by atoms with Crippen molar-refractivity contribution in [2.45, 2.75) is 18.6 Å². The van der Waals surface area contributed by atoms with E-state index >= 15 is 0 Å². The minimum absolute atomic E-state index is 0. The maximum Gasteiger partial charge on any atom is 0.265 e. The lowest BCUT2D eigenvalue weighted by Crippen LogP contribution is -2.77. The van der Waals surface area contributed by atoms with Crippen LogP contribution in [-0.4, -0.2) is 60.1 Å². The average molecular weight is 550 g/mol. The van der Waals surface area contributed by atoms with Gasteiger partial charge in [-0.05, 0) is 48.5 Å². The summed E-state index contributed by atoms with van der Waals surface area (Å²) in [5, 5.41) is 9.63. The molecule has 9 nitrogen and oxygen atoms in total. The van der Waals surface area contributed by atoms with Crippen LogP contribution < -0.4 is 25.4 Å². The van der Waals surface area contributed by atoms with Gasteiger partial charge in [-0.3, -0.25) is 14.5 Å².